The second-order valence-electron chi connectivity index (χ2n) is 1.72. The van der Waals surface area contributed by atoms with Crippen LogP contribution in [0.3, 0.4) is 0 Å². The maximum atomic E-state index is 3.22. The third-order valence-corrected chi connectivity index (χ3v) is 2.24. The Morgan fingerprint density at radius 2 is 2.12 bits per heavy atom. The molecule has 1 atom stereocenters. The summed E-state index contributed by atoms with van der Waals surface area (Å²) >= 11 is 0. The molecule has 1 heterocycles. The van der Waals surface area contributed by atoms with E-state index in [4.69, 9.17) is 0 Å². The fourth-order valence-corrected chi connectivity index (χ4v) is 1.38. The van der Waals surface area contributed by atoms with Crippen LogP contribution in [0.5, 0.6) is 0 Å². The van der Waals surface area contributed by atoms with Gasteiger partial charge >= 0.3 is 29.6 Å². The summed E-state index contributed by atoms with van der Waals surface area (Å²) in [7, 11) is 0.820. The molecule has 0 aliphatic carbocycles. The Labute approximate surface area is 74.1 Å². The molecule has 0 fully saturated rings. The second-order valence-corrected chi connectivity index (χ2v) is 2.55. The summed E-state index contributed by atoms with van der Waals surface area (Å²) in [5.74, 6) is 5.44. The molecule has 2 heteroatoms. The first-order chi connectivity index (χ1) is 3.30. The SMILES string of the molecule is Cc1[c-][pH]cc1C.[Na+]. The van der Waals surface area contributed by atoms with Crippen LogP contribution in [0.25, 0.3) is 0 Å². The Morgan fingerprint density at radius 3 is 2.25 bits per heavy atom. The Balaban J connectivity index is 0.000000490. The monoisotopic (exact) mass is 134 g/mol. The molecule has 0 N–H and O–H groups in total. The van der Waals surface area contributed by atoms with Gasteiger partial charge in [0.25, 0.3) is 0 Å². The van der Waals surface area contributed by atoms with Crippen LogP contribution in [0.4, 0.5) is 0 Å². The van der Waals surface area contributed by atoms with Gasteiger partial charge in [-0.1, -0.05) is 13.8 Å². The molecule has 0 spiro atoms. The number of rotatable bonds is 0. The van der Waals surface area contributed by atoms with Gasteiger partial charge in [0, 0.05) is 0 Å². The van der Waals surface area contributed by atoms with E-state index in [2.05, 4.69) is 25.4 Å². The summed E-state index contributed by atoms with van der Waals surface area (Å²) < 4.78 is 0. The van der Waals surface area contributed by atoms with Crippen molar-refractivity contribution in [3.8, 4) is 0 Å². The summed E-state index contributed by atoms with van der Waals surface area (Å²) in [6.45, 7) is 4.23. The fourth-order valence-electron chi connectivity index (χ4n) is 0.459. The summed E-state index contributed by atoms with van der Waals surface area (Å²) in [6, 6.07) is 0. The van der Waals surface area contributed by atoms with Crippen LogP contribution in [0.15, 0.2) is 5.80 Å². The van der Waals surface area contributed by atoms with E-state index < -0.39 is 0 Å². The third-order valence-electron chi connectivity index (χ3n) is 1.14. The van der Waals surface area contributed by atoms with Crippen LogP contribution < -0.4 is 29.6 Å². The minimum absolute atomic E-state index is 0. The quantitative estimate of drug-likeness (QED) is 0.320. The van der Waals surface area contributed by atoms with Gasteiger partial charge in [-0.2, -0.15) is 22.7 Å². The van der Waals surface area contributed by atoms with Crippen molar-refractivity contribution in [3.05, 3.63) is 22.7 Å². The van der Waals surface area contributed by atoms with Crippen molar-refractivity contribution in [2.45, 2.75) is 13.8 Å². The van der Waals surface area contributed by atoms with E-state index in [-0.39, 0.29) is 29.6 Å². The summed E-state index contributed by atoms with van der Waals surface area (Å²) in [4.78, 5) is 0. The molecule has 1 unspecified atom stereocenters. The van der Waals surface area contributed by atoms with Gasteiger partial charge in [0.2, 0.25) is 0 Å². The van der Waals surface area contributed by atoms with Crippen molar-refractivity contribution in [2.75, 3.05) is 0 Å². The number of hydrogen-bond acceptors (Lipinski definition) is 0. The minimum atomic E-state index is 0. The number of hydrogen-bond donors (Lipinski definition) is 0. The van der Waals surface area contributed by atoms with Gasteiger partial charge in [-0.3, -0.25) is 8.19 Å². The van der Waals surface area contributed by atoms with Crippen molar-refractivity contribution >= 4 is 8.19 Å². The van der Waals surface area contributed by atoms with Crippen LogP contribution in [0.1, 0.15) is 11.1 Å². The van der Waals surface area contributed by atoms with E-state index in [0.29, 0.717) is 0 Å². The standard InChI is InChI=1S/C6H8P.Na/c1-5-3-7-4-6(5)2;/h3,7H,1-2H3;/q-1;+1. The second kappa shape index (κ2) is 3.74. The molecule has 0 radical (unpaired) electrons. The van der Waals surface area contributed by atoms with Crippen LogP contribution in [-0.4, -0.2) is 0 Å². The zero-order valence-electron chi connectivity index (χ0n) is 5.58. The minimum Gasteiger partial charge on any atom is -0.271 e. The molecule has 1 aromatic rings. The normalized spacial score (nSPS) is 9.25. The van der Waals surface area contributed by atoms with Crippen molar-refractivity contribution in [1.29, 1.82) is 0 Å². The van der Waals surface area contributed by atoms with Crippen molar-refractivity contribution in [2.24, 2.45) is 0 Å². The van der Waals surface area contributed by atoms with E-state index >= 15 is 0 Å². The van der Waals surface area contributed by atoms with Gasteiger partial charge < -0.3 is 0 Å². The smallest absolute Gasteiger partial charge is 0.271 e. The Hall–Kier alpha value is 0.780. The molecule has 1 rings (SSSR count). The topological polar surface area (TPSA) is 0 Å². The summed E-state index contributed by atoms with van der Waals surface area (Å²) in [6.07, 6.45) is 0. The molecule has 0 aliphatic rings. The van der Waals surface area contributed by atoms with E-state index in [0.717, 1.165) is 8.19 Å². The summed E-state index contributed by atoms with van der Waals surface area (Å²) in [5, 5.41) is 0. The van der Waals surface area contributed by atoms with Gasteiger partial charge in [-0.05, 0) is 0 Å². The molecule has 0 nitrogen and oxygen atoms in total. The predicted octanol–water partition coefficient (Wildman–Crippen LogP) is -0.861. The Kier molecular flexibility index (Phi) is 4.10. The van der Waals surface area contributed by atoms with Gasteiger partial charge in [0.05, 0.1) is 0 Å². The average molecular weight is 134 g/mol. The molecule has 0 amide bonds. The summed E-state index contributed by atoms with van der Waals surface area (Å²) in [5.41, 5.74) is 2.73. The average Bonchev–Trinajstić information content (AvgIpc) is 1.91. The zero-order valence-corrected chi connectivity index (χ0v) is 8.58. The van der Waals surface area contributed by atoms with Crippen LogP contribution in [0.2, 0.25) is 0 Å². The predicted molar refractivity (Wildman–Crippen MR) is 34.3 cm³/mol. The van der Waals surface area contributed by atoms with Crippen LogP contribution >= 0.6 is 8.19 Å². The largest absolute Gasteiger partial charge is 1.00 e. The zero-order chi connectivity index (χ0) is 5.28. The molecule has 0 bridgehead atoms. The molecule has 1 aromatic heterocycles. The molecule has 0 aliphatic heterocycles. The first-order valence-electron chi connectivity index (χ1n) is 2.33. The van der Waals surface area contributed by atoms with Gasteiger partial charge in [-0.25, -0.2) is 0 Å². The van der Waals surface area contributed by atoms with Crippen molar-refractivity contribution in [3.63, 3.8) is 0 Å². The molecule has 8 heavy (non-hydrogen) atoms. The molecule has 0 saturated carbocycles. The van der Waals surface area contributed by atoms with Crippen molar-refractivity contribution in [1.82, 2.24) is 0 Å². The first kappa shape index (κ1) is 8.78. The fraction of sp³-hybridized carbons (Fsp3) is 0.333. The molecule has 0 aromatic carbocycles. The van der Waals surface area contributed by atoms with Crippen LogP contribution in [0, 0.1) is 19.6 Å². The molecular weight excluding hydrogens is 126 g/mol. The third kappa shape index (κ3) is 1.95. The van der Waals surface area contributed by atoms with Crippen LogP contribution in [-0.2, 0) is 0 Å². The van der Waals surface area contributed by atoms with E-state index in [1.54, 1.807) is 0 Å². The maximum absolute atomic E-state index is 3.22. The van der Waals surface area contributed by atoms with E-state index in [1.807, 2.05) is 0 Å². The van der Waals surface area contributed by atoms with Crippen molar-refractivity contribution < 1.29 is 29.6 Å². The molecule has 0 saturated heterocycles. The molecular formula is C6H8NaP. The van der Waals surface area contributed by atoms with Gasteiger partial charge in [0.1, 0.15) is 0 Å². The Morgan fingerprint density at radius 1 is 1.50 bits per heavy atom. The van der Waals surface area contributed by atoms with E-state index in [1.165, 1.54) is 11.1 Å². The number of aryl methyl sites for hydroxylation is 2. The maximum Gasteiger partial charge on any atom is 1.00 e. The molecule has 38 valence electrons. The van der Waals surface area contributed by atoms with E-state index in [9.17, 15) is 0 Å². The first-order valence-corrected chi connectivity index (χ1v) is 3.40. The van der Waals surface area contributed by atoms with Gasteiger partial charge in [-0.15, -0.1) is 0 Å². The Bertz CT molecular complexity index is 141. The van der Waals surface area contributed by atoms with Gasteiger partial charge in [0.15, 0.2) is 0 Å².